The van der Waals surface area contributed by atoms with Gasteiger partial charge in [0.25, 0.3) is 0 Å². The predicted molar refractivity (Wildman–Crippen MR) is 72.8 cm³/mol. The second-order valence-electron chi connectivity index (χ2n) is 4.33. The first-order chi connectivity index (χ1) is 8.93. The fourth-order valence-corrected chi connectivity index (χ4v) is 1.67. The quantitative estimate of drug-likeness (QED) is 0.804. The third-order valence-corrected chi connectivity index (χ3v) is 2.80. The summed E-state index contributed by atoms with van der Waals surface area (Å²) in [5, 5.41) is 8.57. The molecule has 0 saturated heterocycles. The highest BCUT2D eigenvalue weighted by atomic mass is 19.1. The molecule has 1 atom stereocenters. The van der Waals surface area contributed by atoms with Crippen molar-refractivity contribution in [2.24, 2.45) is 0 Å². The Bertz CT molecular complexity index is 474. The van der Waals surface area contributed by atoms with Crippen molar-refractivity contribution in [3.63, 3.8) is 0 Å². The molecule has 0 aliphatic heterocycles. The van der Waals surface area contributed by atoms with Crippen molar-refractivity contribution in [3.8, 4) is 0 Å². The lowest BCUT2D eigenvalue weighted by Gasteiger charge is -2.26. The molecule has 1 unspecified atom stereocenters. The Morgan fingerprint density at radius 3 is 2.79 bits per heavy atom. The molecule has 0 aliphatic carbocycles. The summed E-state index contributed by atoms with van der Waals surface area (Å²) in [5.74, 6) is -1.47. The standard InChI is InChI=1S/C14H18FNO3/c1-10(9-19-3)16(2)13-7-11(4-5-14(17)18)6-12(15)8-13/h4-8,10H,9H2,1-3H3,(H,17,18)/b5-4+. The first-order valence-corrected chi connectivity index (χ1v) is 5.87. The number of likely N-dealkylation sites (N-methyl/N-ethyl adjacent to an activating group) is 1. The Kier molecular flexibility index (Phi) is 5.51. The lowest BCUT2D eigenvalue weighted by Crippen LogP contribution is -2.32. The van der Waals surface area contributed by atoms with Crippen molar-refractivity contribution in [2.45, 2.75) is 13.0 Å². The number of carboxylic acids is 1. The van der Waals surface area contributed by atoms with E-state index in [1.807, 2.05) is 18.9 Å². The van der Waals surface area contributed by atoms with Crippen molar-refractivity contribution in [1.29, 1.82) is 0 Å². The summed E-state index contributed by atoms with van der Waals surface area (Å²) in [6.45, 7) is 2.48. The summed E-state index contributed by atoms with van der Waals surface area (Å²) >= 11 is 0. The van der Waals surface area contributed by atoms with Gasteiger partial charge >= 0.3 is 5.97 Å². The molecule has 19 heavy (non-hydrogen) atoms. The van der Waals surface area contributed by atoms with Gasteiger partial charge in [0.1, 0.15) is 5.82 Å². The molecule has 1 N–H and O–H groups in total. The molecule has 4 nitrogen and oxygen atoms in total. The molecular weight excluding hydrogens is 249 g/mol. The normalized spacial score (nSPS) is 12.6. The molecule has 0 fully saturated rings. The van der Waals surface area contributed by atoms with Gasteiger partial charge in [0, 0.05) is 32.0 Å². The van der Waals surface area contributed by atoms with E-state index >= 15 is 0 Å². The number of methoxy groups -OCH3 is 1. The minimum Gasteiger partial charge on any atom is -0.478 e. The number of hydrogen-bond donors (Lipinski definition) is 1. The van der Waals surface area contributed by atoms with Gasteiger partial charge in [0.15, 0.2) is 0 Å². The number of carboxylic acid groups (broad SMARTS) is 1. The van der Waals surface area contributed by atoms with E-state index in [4.69, 9.17) is 9.84 Å². The van der Waals surface area contributed by atoms with Crippen LogP contribution in [0.15, 0.2) is 24.3 Å². The number of anilines is 1. The fraction of sp³-hybridized carbons (Fsp3) is 0.357. The molecule has 1 rings (SSSR count). The number of hydrogen-bond acceptors (Lipinski definition) is 3. The van der Waals surface area contributed by atoms with Gasteiger partial charge in [0.2, 0.25) is 0 Å². The second-order valence-corrected chi connectivity index (χ2v) is 4.33. The number of nitrogens with zero attached hydrogens (tertiary/aromatic N) is 1. The molecule has 1 aromatic carbocycles. The van der Waals surface area contributed by atoms with Crippen molar-refractivity contribution in [3.05, 3.63) is 35.7 Å². The van der Waals surface area contributed by atoms with Gasteiger partial charge in [-0.05, 0) is 36.8 Å². The Labute approximate surface area is 112 Å². The van der Waals surface area contributed by atoms with Crippen LogP contribution < -0.4 is 4.90 Å². The van der Waals surface area contributed by atoms with Gasteiger partial charge in [-0.25, -0.2) is 9.18 Å². The molecule has 0 aromatic heterocycles. The zero-order valence-electron chi connectivity index (χ0n) is 11.3. The molecule has 1 aromatic rings. The van der Waals surface area contributed by atoms with E-state index in [1.54, 1.807) is 13.2 Å². The van der Waals surface area contributed by atoms with Gasteiger partial charge in [-0.2, -0.15) is 0 Å². The number of carbonyl (C=O) groups is 1. The average Bonchev–Trinajstić information content (AvgIpc) is 2.35. The van der Waals surface area contributed by atoms with Gasteiger partial charge in [0.05, 0.1) is 6.61 Å². The highest BCUT2D eigenvalue weighted by Gasteiger charge is 2.11. The first kappa shape index (κ1) is 15.2. The minimum absolute atomic E-state index is 0.0862. The molecule has 0 amide bonds. The van der Waals surface area contributed by atoms with E-state index in [0.29, 0.717) is 17.9 Å². The summed E-state index contributed by atoms with van der Waals surface area (Å²) in [4.78, 5) is 12.3. The summed E-state index contributed by atoms with van der Waals surface area (Å²) < 4.78 is 18.6. The van der Waals surface area contributed by atoms with Crippen molar-refractivity contribution < 1.29 is 19.0 Å². The summed E-state index contributed by atoms with van der Waals surface area (Å²) in [7, 11) is 3.44. The fourth-order valence-electron chi connectivity index (χ4n) is 1.67. The van der Waals surface area contributed by atoms with Crippen molar-refractivity contribution in [2.75, 3.05) is 25.7 Å². The molecule has 0 bridgehead atoms. The Balaban J connectivity index is 2.98. The van der Waals surface area contributed by atoms with Gasteiger partial charge in [-0.3, -0.25) is 0 Å². The van der Waals surface area contributed by atoms with Crippen LogP contribution in [0.2, 0.25) is 0 Å². The molecule has 104 valence electrons. The van der Waals surface area contributed by atoms with Crippen molar-refractivity contribution >= 4 is 17.7 Å². The van der Waals surface area contributed by atoms with Gasteiger partial charge < -0.3 is 14.7 Å². The Morgan fingerprint density at radius 2 is 2.21 bits per heavy atom. The highest BCUT2D eigenvalue weighted by Crippen LogP contribution is 2.20. The number of ether oxygens (including phenoxy) is 1. The van der Waals surface area contributed by atoms with Crippen LogP contribution in [-0.4, -0.2) is 37.9 Å². The molecule has 0 spiro atoms. The Hall–Kier alpha value is -1.88. The molecule has 0 radical (unpaired) electrons. The summed E-state index contributed by atoms with van der Waals surface area (Å²) in [6.07, 6.45) is 2.35. The number of halogens is 1. The largest absolute Gasteiger partial charge is 0.478 e. The lowest BCUT2D eigenvalue weighted by atomic mass is 10.1. The van der Waals surface area contributed by atoms with E-state index in [2.05, 4.69) is 0 Å². The van der Waals surface area contributed by atoms with E-state index in [9.17, 15) is 9.18 Å². The Morgan fingerprint density at radius 1 is 1.53 bits per heavy atom. The second kappa shape index (κ2) is 6.89. The zero-order chi connectivity index (χ0) is 14.4. The van der Waals surface area contributed by atoms with Crippen LogP contribution in [0.5, 0.6) is 0 Å². The first-order valence-electron chi connectivity index (χ1n) is 5.87. The predicted octanol–water partition coefficient (Wildman–Crippen LogP) is 2.39. The molecule has 0 heterocycles. The maximum Gasteiger partial charge on any atom is 0.328 e. The van der Waals surface area contributed by atoms with Crippen LogP contribution in [0.25, 0.3) is 6.08 Å². The van der Waals surface area contributed by atoms with Gasteiger partial charge in [-0.1, -0.05) is 0 Å². The molecule has 5 heteroatoms. The molecule has 0 aliphatic rings. The zero-order valence-corrected chi connectivity index (χ0v) is 11.3. The van der Waals surface area contributed by atoms with E-state index < -0.39 is 11.8 Å². The van der Waals surface area contributed by atoms with Crippen LogP contribution in [0.3, 0.4) is 0 Å². The SMILES string of the molecule is COCC(C)N(C)c1cc(F)cc(/C=C/C(=O)O)c1. The van der Waals surface area contributed by atoms with Crippen LogP contribution in [0.1, 0.15) is 12.5 Å². The third kappa shape index (κ3) is 4.71. The minimum atomic E-state index is -1.06. The lowest BCUT2D eigenvalue weighted by molar-refractivity contribution is -0.131. The number of rotatable bonds is 6. The van der Waals surface area contributed by atoms with Crippen molar-refractivity contribution in [1.82, 2.24) is 0 Å². The highest BCUT2D eigenvalue weighted by molar-refractivity contribution is 5.85. The average molecular weight is 267 g/mol. The van der Waals surface area contributed by atoms with E-state index in [1.165, 1.54) is 18.2 Å². The van der Waals surface area contributed by atoms with E-state index in [-0.39, 0.29) is 6.04 Å². The van der Waals surface area contributed by atoms with Gasteiger partial charge in [-0.15, -0.1) is 0 Å². The summed E-state index contributed by atoms with van der Waals surface area (Å²) in [6, 6.07) is 4.51. The number of aliphatic carboxylic acids is 1. The maximum absolute atomic E-state index is 13.5. The monoisotopic (exact) mass is 267 g/mol. The molecular formula is C14H18FNO3. The van der Waals surface area contributed by atoms with Crippen LogP contribution in [-0.2, 0) is 9.53 Å². The number of benzene rings is 1. The molecule has 0 saturated carbocycles. The van der Waals surface area contributed by atoms with Crippen LogP contribution in [0, 0.1) is 5.82 Å². The van der Waals surface area contributed by atoms with E-state index in [0.717, 1.165) is 6.08 Å². The smallest absolute Gasteiger partial charge is 0.328 e. The van der Waals surface area contributed by atoms with Crippen LogP contribution >= 0.6 is 0 Å². The topological polar surface area (TPSA) is 49.8 Å². The van der Waals surface area contributed by atoms with Crippen LogP contribution in [0.4, 0.5) is 10.1 Å². The summed E-state index contributed by atoms with van der Waals surface area (Å²) in [5.41, 5.74) is 1.18. The third-order valence-electron chi connectivity index (χ3n) is 2.80. The maximum atomic E-state index is 13.5.